The first-order valence-electron chi connectivity index (χ1n) is 5.64. The highest BCUT2D eigenvalue weighted by atomic mass is 15.3. The lowest BCUT2D eigenvalue weighted by molar-refractivity contribution is 0.568. The normalized spacial score (nSPS) is 10.7. The number of aryl methyl sites for hydroxylation is 2. The van der Waals surface area contributed by atoms with Crippen LogP contribution in [0.2, 0.25) is 0 Å². The van der Waals surface area contributed by atoms with E-state index in [1.165, 1.54) is 0 Å². The molecule has 1 N–H and O–H groups in total. The Hall–Kier alpha value is -1.82. The second kappa shape index (κ2) is 5.49. The van der Waals surface area contributed by atoms with Gasteiger partial charge in [0.05, 0.1) is 17.9 Å². The first-order valence-corrected chi connectivity index (χ1v) is 5.64. The molecule has 6 nitrogen and oxygen atoms in total. The molecular weight excluding hydrogens is 216 g/mol. The van der Waals surface area contributed by atoms with Crippen LogP contribution in [-0.2, 0) is 19.6 Å². The molecule has 0 atom stereocenters. The van der Waals surface area contributed by atoms with Gasteiger partial charge in [0.1, 0.15) is 12.2 Å². The Labute approximate surface area is 100 Å². The van der Waals surface area contributed by atoms with E-state index in [1.54, 1.807) is 18.7 Å². The molecule has 0 aromatic carbocycles. The predicted molar refractivity (Wildman–Crippen MR) is 63.0 cm³/mol. The van der Waals surface area contributed by atoms with Crippen LogP contribution in [0.5, 0.6) is 0 Å². The largest absolute Gasteiger partial charge is 0.304 e. The molecule has 0 aliphatic rings. The van der Waals surface area contributed by atoms with E-state index in [9.17, 15) is 0 Å². The van der Waals surface area contributed by atoms with Crippen LogP contribution in [0.4, 0.5) is 0 Å². The highest BCUT2D eigenvalue weighted by Crippen LogP contribution is 1.96. The summed E-state index contributed by atoms with van der Waals surface area (Å²) < 4.78 is 1.87. The van der Waals surface area contributed by atoms with Gasteiger partial charge in [0.2, 0.25) is 0 Å². The predicted octanol–water partition coefficient (Wildman–Crippen LogP) is 0.686. The molecule has 2 rings (SSSR count). The van der Waals surface area contributed by atoms with Crippen molar-refractivity contribution in [1.29, 1.82) is 0 Å². The molecule has 2 aromatic rings. The summed E-state index contributed by atoms with van der Waals surface area (Å²) in [7, 11) is 0. The van der Waals surface area contributed by atoms with Crippen molar-refractivity contribution in [2.24, 2.45) is 0 Å². The average Bonchev–Trinajstić information content (AvgIpc) is 2.79. The Morgan fingerprint density at radius 3 is 2.76 bits per heavy atom. The van der Waals surface area contributed by atoms with E-state index >= 15 is 0 Å². The fourth-order valence-corrected chi connectivity index (χ4v) is 1.50. The van der Waals surface area contributed by atoms with Crippen LogP contribution in [0.15, 0.2) is 18.7 Å². The number of rotatable bonds is 5. The van der Waals surface area contributed by atoms with Gasteiger partial charge >= 0.3 is 0 Å². The molecule has 0 saturated heterocycles. The molecule has 0 saturated carbocycles. The van der Waals surface area contributed by atoms with Crippen molar-refractivity contribution < 1.29 is 0 Å². The monoisotopic (exact) mass is 232 g/mol. The van der Waals surface area contributed by atoms with Crippen LogP contribution in [0.3, 0.4) is 0 Å². The van der Waals surface area contributed by atoms with Gasteiger partial charge in [-0.25, -0.2) is 9.67 Å². The number of nitrogens with zero attached hydrogens (tertiary/aromatic N) is 5. The van der Waals surface area contributed by atoms with Crippen molar-refractivity contribution in [2.75, 3.05) is 0 Å². The molecule has 0 fully saturated rings. The Bertz CT molecular complexity index is 461. The molecule has 6 heteroatoms. The van der Waals surface area contributed by atoms with E-state index in [4.69, 9.17) is 0 Å². The van der Waals surface area contributed by atoms with Gasteiger partial charge in [0, 0.05) is 25.5 Å². The highest BCUT2D eigenvalue weighted by Gasteiger charge is 2.02. The Kier molecular flexibility index (Phi) is 3.77. The highest BCUT2D eigenvalue weighted by molar-refractivity contribution is 5.00. The van der Waals surface area contributed by atoms with Crippen molar-refractivity contribution in [3.63, 3.8) is 0 Å². The maximum absolute atomic E-state index is 4.27. The van der Waals surface area contributed by atoms with Crippen LogP contribution >= 0.6 is 0 Å². The summed E-state index contributed by atoms with van der Waals surface area (Å²) in [5.41, 5.74) is 1.86. The maximum Gasteiger partial charge on any atom is 0.140 e. The zero-order valence-corrected chi connectivity index (χ0v) is 10.1. The fourth-order valence-electron chi connectivity index (χ4n) is 1.50. The van der Waals surface area contributed by atoms with Gasteiger partial charge in [-0.1, -0.05) is 0 Å². The minimum absolute atomic E-state index is 0.684. The SMILES string of the molecule is CCn1ncnc1CNCc1cnc(C)cn1. The van der Waals surface area contributed by atoms with Crippen LogP contribution in [0, 0.1) is 6.92 Å². The molecule has 0 unspecified atom stereocenters. The summed E-state index contributed by atoms with van der Waals surface area (Å²) in [6.45, 7) is 6.17. The standard InChI is InChI=1S/C11H16N6/c1-3-17-11(15-8-16-17)7-12-5-10-6-13-9(2)4-14-10/h4,6,8,12H,3,5,7H2,1-2H3. The van der Waals surface area contributed by atoms with Crippen LogP contribution in [-0.4, -0.2) is 24.7 Å². The summed E-state index contributed by atoms with van der Waals surface area (Å²) in [4.78, 5) is 12.7. The molecule has 0 bridgehead atoms. The summed E-state index contributed by atoms with van der Waals surface area (Å²) in [6.07, 6.45) is 5.13. The molecule has 0 aliphatic carbocycles. The minimum Gasteiger partial charge on any atom is -0.304 e. The van der Waals surface area contributed by atoms with Gasteiger partial charge in [-0.05, 0) is 13.8 Å². The van der Waals surface area contributed by atoms with E-state index in [0.717, 1.165) is 23.8 Å². The van der Waals surface area contributed by atoms with Crippen molar-refractivity contribution in [1.82, 2.24) is 30.0 Å². The third-order valence-corrected chi connectivity index (χ3v) is 2.42. The molecule has 17 heavy (non-hydrogen) atoms. The summed E-state index contributed by atoms with van der Waals surface area (Å²) in [5, 5.41) is 7.38. The van der Waals surface area contributed by atoms with Crippen LogP contribution < -0.4 is 5.32 Å². The number of aromatic nitrogens is 5. The van der Waals surface area contributed by atoms with Gasteiger partial charge in [-0.15, -0.1) is 0 Å². The molecule has 0 aliphatic heterocycles. The third-order valence-electron chi connectivity index (χ3n) is 2.42. The lowest BCUT2D eigenvalue weighted by Gasteiger charge is -2.05. The lowest BCUT2D eigenvalue weighted by atomic mass is 10.4. The summed E-state index contributed by atoms with van der Waals surface area (Å²) >= 11 is 0. The van der Waals surface area contributed by atoms with Gasteiger partial charge in [-0.3, -0.25) is 9.97 Å². The molecule has 0 radical (unpaired) electrons. The Morgan fingerprint density at radius 1 is 1.18 bits per heavy atom. The second-order valence-electron chi connectivity index (χ2n) is 3.74. The zero-order chi connectivity index (χ0) is 12.1. The topological polar surface area (TPSA) is 68.5 Å². The minimum atomic E-state index is 0.684. The third kappa shape index (κ3) is 3.07. The summed E-state index contributed by atoms with van der Waals surface area (Å²) in [6, 6.07) is 0. The Morgan fingerprint density at radius 2 is 2.06 bits per heavy atom. The van der Waals surface area contributed by atoms with E-state index in [-0.39, 0.29) is 0 Å². The van der Waals surface area contributed by atoms with Crippen molar-refractivity contribution in [2.45, 2.75) is 33.5 Å². The first-order chi connectivity index (χ1) is 8.29. The molecule has 0 amide bonds. The average molecular weight is 232 g/mol. The van der Waals surface area contributed by atoms with Gasteiger partial charge < -0.3 is 5.32 Å². The quantitative estimate of drug-likeness (QED) is 0.821. The van der Waals surface area contributed by atoms with Crippen molar-refractivity contribution in [3.05, 3.63) is 35.9 Å². The zero-order valence-electron chi connectivity index (χ0n) is 10.1. The van der Waals surface area contributed by atoms with Crippen LogP contribution in [0.25, 0.3) is 0 Å². The van der Waals surface area contributed by atoms with E-state index in [2.05, 4.69) is 25.4 Å². The fraction of sp³-hybridized carbons (Fsp3) is 0.455. The number of nitrogens with one attached hydrogen (secondary N) is 1. The lowest BCUT2D eigenvalue weighted by Crippen LogP contribution is -2.17. The van der Waals surface area contributed by atoms with E-state index < -0.39 is 0 Å². The molecule has 90 valence electrons. The van der Waals surface area contributed by atoms with Gasteiger partial charge in [0.25, 0.3) is 0 Å². The molecule has 2 heterocycles. The Balaban J connectivity index is 1.85. The van der Waals surface area contributed by atoms with E-state index in [1.807, 2.05) is 18.5 Å². The van der Waals surface area contributed by atoms with Gasteiger partial charge in [0.15, 0.2) is 0 Å². The van der Waals surface area contributed by atoms with Gasteiger partial charge in [-0.2, -0.15) is 5.10 Å². The molecule has 2 aromatic heterocycles. The second-order valence-corrected chi connectivity index (χ2v) is 3.74. The summed E-state index contributed by atoms with van der Waals surface area (Å²) in [5.74, 6) is 0.938. The maximum atomic E-state index is 4.27. The molecule has 0 spiro atoms. The smallest absolute Gasteiger partial charge is 0.140 e. The van der Waals surface area contributed by atoms with Crippen LogP contribution in [0.1, 0.15) is 24.1 Å². The van der Waals surface area contributed by atoms with E-state index in [0.29, 0.717) is 13.1 Å². The first kappa shape index (κ1) is 11.7. The van der Waals surface area contributed by atoms with Crippen molar-refractivity contribution >= 4 is 0 Å². The molecular formula is C11H16N6. The number of hydrogen-bond donors (Lipinski definition) is 1. The van der Waals surface area contributed by atoms with Crippen molar-refractivity contribution in [3.8, 4) is 0 Å². The number of hydrogen-bond acceptors (Lipinski definition) is 5.